The topological polar surface area (TPSA) is 0 Å². The molecule has 1 saturated carbocycles. The van der Waals surface area contributed by atoms with Gasteiger partial charge in [-0.15, -0.1) is 11.6 Å². The minimum absolute atomic E-state index is 0.353. The molecular weight excluding hydrogens is 296 g/mol. The van der Waals surface area contributed by atoms with Crippen LogP contribution in [0.5, 0.6) is 0 Å². The highest BCUT2D eigenvalue weighted by Crippen LogP contribution is 2.28. The molecule has 3 heteroatoms. The van der Waals surface area contributed by atoms with Gasteiger partial charge in [0.05, 0.1) is 8.07 Å². The molecule has 2 radical (unpaired) electrons. The van der Waals surface area contributed by atoms with Crippen LogP contribution in [-0.4, -0.2) is 22.6 Å². The largest absolute Gasteiger partial charge is 0.126 e. The van der Waals surface area contributed by atoms with Crippen molar-refractivity contribution in [1.82, 2.24) is 0 Å². The van der Waals surface area contributed by atoms with Crippen LogP contribution in [0.2, 0.25) is 19.6 Å². The molecule has 1 aliphatic rings. The molecule has 1 unspecified atom stereocenters. The van der Waals surface area contributed by atoms with Gasteiger partial charge in [-0.2, -0.15) is 0 Å². The summed E-state index contributed by atoms with van der Waals surface area (Å²) in [5, 5.41) is 3.41. The minimum atomic E-state index is -1.23. The zero-order valence-electron chi connectivity index (χ0n) is 13.3. The van der Waals surface area contributed by atoms with Crippen LogP contribution in [0.1, 0.15) is 37.7 Å². The molecule has 0 aromatic heterocycles. The summed E-state index contributed by atoms with van der Waals surface area (Å²) in [4.78, 5) is 0. The Hall–Kier alpha value is -0.0562. The maximum atomic E-state index is 6.74. The van der Waals surface area contributed by atoms with Gasteiger partial charge in [-0.3, -0.25) is 0 Å². The van der Waals surface area contributed by atoms with Crippen molar-refractivity contribution in [3.05, 3.63) is 23.8 Å². The molecule has 0 aliphatic heterocycles. The molecule has 1 aromatic rings. The molecule has 110 valence electrons. The molecule has 1 fully saturated rings. The van der Waals surface area contributed by atoms with E-state index in [1.165, 1.54) is 42.9 Å². The van der Waals surface area contributed by atoms with E-state index in [1.807, 2.05) is 0 Å². The predicted octanol–water partition coefficient (Wildman–Crippen LogP) is 4.01. The van der Waals surface area contributed by atoms with Gasteiger partial charge in [0.15, 0.2) is 0 Å². The van der Waals surface area contributed by atoms with Crippen molar-refractivity contribution in [2.75, 3.05) is 0 Å². The molecule has 0 saturated heterocycles. The van der Waals surface area contributed by atoms with Crippen LogP contribution in [0.3, 0.4) is 0 Å². The summed E-state index contributed by atoms with van der Waals surface area (Å²) in [6.07, 6.45) is 6.85. The van der Waals surface area contributed by atoms with Crippen molar-refractivity contribution in [3.8, 4) is 0 Å². The highest BCUT2D eigenvalue weighted by molar-refractivity contribution is 6.89. The fourth-order valence-electron chi connectivity index (χ4n) is 3.00. The normalized spacial score (nSPS) is 19.1. The van der Waals surface area contributed by atoms with Crippen LogP contribution in [-0.2, 0) is 0 Å². The lowest BCUT2D eigenvalue weighted by molar-refractivity contribution is 0.375. The minimum Gasteiger partial charge on any atom is -0.126 e. The van der Waals surface area contributed by atoms with Crippen molar-refractivity contribution < 1.29 is 0 Å². The number of benzene rings is 1. The highest BCUT2D eigenvalue weighted by Gasteiger charge is 2.24. The highest BCUT2D eigenvalue weighted by atomic mass is 35.5. The lowest BCUT2D eigenvalue weighted by Crippen LogP contribution is -2.41. The molecule has 0 spiro atoms. The summed E-state index contributed by atoms with van der Waals surface area (Å²) >= 11 is 6.74. The second-order valence-electron chi connectivity index (χ2n) is 7.28. The molecular formula is C17H27ClSi2. The number of hydrogen-bond donors (Lipinski definition) is 0. The molecule has 0 heterocycles. The zero-order valence-corrected chi connectivity index (χ0v) is 16.1. The lowest BCUT2D eigenvalue weighted by Gasteiger charge is -2.26. The molecule has 1 atom stereocenters. The Balaban J connectivity index is 2.10. The summed E-state index contributed by atoms with van der Waals surface area (Å²) in [5.74, 6) is 0.750. The number of alkyl halides is 1. The van der Waals surface area contributed by atoms with E-state index in [1.54, 1.807) is 5.19 Å². The molecule has 20 heavy (non-hydrogen) atoms. The second-order valence-corrected chi connectivity index (χ2v) is 14.7. The van der Waals surface area contributed by atoms with Gasteiger partial charge in [-0.1, -0.05) is 73.0 Å². The van der Waals surface area contributed by atoms with E-state index in [-0.39, 0.29) is 0 Å². The molecule has 0 nitrogen and oxygen atoms in total. The quantitative estimate of drug-likeness (QED) is 0.580. The fourth-order valence-corrected chi connectivity index (χ4v) is 6.46. The number of aryl methyl sites for hydroxylation is 1. The summed E-state index contributed by atoms with van der Waals surface area (Å²) in [7, 11) is -0.457. The third-order valence-electron chi connectivity index (χ3n) is 4.31. The Morgan fingerprint density at radius 2 is 1.75 bits per heavy atom. The zero-order chi connectivity index (χ0) is 14.8. The molecule has 1 aromatic carbocycles. The van der Waals surface area contributed by atoms with Gasteiger partial charge in [-0.25, -0.2) is 0 Å². The second kappa shape index (κ2) is 6.80. The predicted molar refractivity (Wildman–Crippen MR) is 95.8 cm³/mol. The van der Waals surface area contributed by atoms with Crippen LogP contribution in [0.25, 0.3) is 0 Å². The maximum Gasteiger partial charge on any atom is 0.104 e. The van der Waals surface area contributed by atoms with E-state index in [4.69, 9.17) is 11.6 Å². The van der Waals surface area contributed by atoms with E-state index in [2.05, 4.69) is 44.8 Å². The molecule has 1 aliphatic carbocycles. The van der Waals surface area contributed by atoms with Gasteiger partial charge in [0.25, 0.3) is 0 Å². The Bertz CT molecular complexity index is 445. The van der Waals surface area contributed by atoms with Crippen LogP contribution >= 0.6 is 11.6 Å². The molecule has 0 bridgehead atoms. The third-order valence-corrected chi connectivity index (χ3v) is 8.39. The first-order valence-electron chi connectivity index (χ1n) is 7.89. The van der Waals surface area contributed by atoms with E-state index in [0.29, 0.717) is 5.00 Å². The van der Waals surface area contributed by atoms with Gasteiger partial charge in [-0.05, 0) is 25.7 Å². The summed E-state index contributed by atoms with van der Waals surface area (Å²) in [6, 6.07) is 7.17. The van der Waals surface area contributed by atoms with Crippen molar-refractivity contribution in [2.45, 2.75) is 63.7 Å². The van der Waals surface area contributed by atoms with Gasteiger partial charge in [0, 0.05) is 5.00 Å². The third kappa shape index (κ3) is 4.47. The number of hydrogen-bond acceptors (Lipinski definition) is 0. The lowest BCUT2D eigenvalue weighted by atomic mass is 9.91. The van der Waals surface area contributed by atoms with Crippen molar-refractivity contribution in [3.63, 3.8) is 0 Å². The number of rotatable bonds is 4. The summed E-state index contributed by atoms with van der Waals surface area (Å²) in [6.45, 7) is 9.50. The van der Waals surface area contributed by atoms with E-state index >= 15 is 0 Å². The van der Waals surface area contributed by atoms with Crippen molar-refractivity contribution in [2.24, 2.45) is 5.92 Å². The van der Waals surface area contributed by atoms with Gasteiger partial charge in [0.1, 0.15) is 9.52 Å². The Morgan fingerprint density at radius 3 is 2.35 bits per heavy atom. The first-order valence-corrected chi connectivity index (χ1v) is 12.9. The van der Waals surface area contributed by atoms with E-state index < -0.39 is 8.07 Å². The Morgan fingerprint density at radius 1 is 1.10 bits per heavy atom. The van der Waals surface area contributed by atoms with E-state index in [9.17, 15) is 0 Å². The van der Waals surface area contributed by atoms with E-state index in [0.717, 1.165) is 15.4 Å². The first-order chi connectivity index (χ1) is 9.36. The molecule has 0 amide bonds. The Labute approximate surface area is 133 Å². The van der Waals surface area contributed by atoms with Crippen LogP contribution in [0.4, 0.5) is 0 Å². The van der Waals surface area contributed by atoms with Gasteiger partial charge < -0.3 is 0 Å². The van der Waals surface area contributed by atoms with Crippen LogP contribution in [0.15, 0.2) is 18.2 Å². The van der Waals surface area contributed by atoms with Gasteiger partial charge >= 0.3 is 0 Å². The standard InChI is InChI=1S/C17H27ClSi2/c1-13-10-15(12-16(11-13)20(2,3)4)19-17(18)14-8-6-5-7-9-14/h10-12,14,17H,5-9H2,1-4H3. The fraction of sp³-hybridized carbons (Fsp3) is 0.647. The van der Waals surface area contributed by atoms with Gasteiger partial charge in [0.2, 0.25) is 0 Å². The van der Waals surface area contributed by atoms with Crippen LogP contribution < -0.4 is 10.4 Å². The number of halogens is 1. The average molecular weight is 323 g/mol. The first kappa shape index (κ1) is 16.3. The van der Waals surface area contributed by atoms with Crippen LogP contribution in [0, 0.1) is 12.8 Å². The molecule has 0 N–H and O–H groups in total. The molecule has 2 rings (SSSR count). The monoisotopic (exact) mass is 322 g/mol. The SMILES string of the molecule is Cc1cc([Si]C(Cl)C2CCCCC2)cc([Si](C)(C)C)c1. The Kier molecular flexibility index (Phi) is 5.55. The van der Waals surface area contributed by atoms with Crippen molar-refractivity contribution in [1.29, 1.82) is 0 Å². The summed E-state index contributed by atoms with van der Waals surface area (Å²) in [5.41, 5.74) is 1.40. The average Bonchev–Trinajstić information content (AvgIpc) is 2.38. The van der Waals surface area contributed by atoms with Crippen molar-refractivity contribution >= 4 is 39.6 Å². The smallest absolute Gasteiger partial charge is 0.104 e. The summed E-state index contributed by atoms with van der Waals surface area (Å²) < 4.78 is 0. The maximum absolute atomic E-state index is 6.74.